The summed E-state index contributed by atoms with van der Waals surface area (Å²) < 4.78 is 38.1. The number of rotatable bonds is 3. The van der Waals surface area contributed by atoms with Crippen LogP contribution in [-0.2, 0) is 11.9 Å². The van der Waals surface area contributed by atoms with Crippen LogP contribution in [0.25, 0.3) is 0 Å². The van der Waals surface area contributed by atoms with Gasteiger partial charge in [0, 0.05) is 15.7 Å². The van der Waals surface area contributed by atoms with E-state index >= 15 is 0 Å². The molecule has 1 nitrogen and oxygen atoms in total. The summed E-state index contributed by atoms with van der Waals surface area (Å²) in [6, 6.07) is 12.4. The predicted molar refractivity (Wildman–Crippen MR) is 77.2 cm³/mol. The van der Waals surface area contributed by atoms with Gasteiger partial charge in [-0.3, -0.25) is 0 Å². The lowest BCUT2D eigenvalue weighted by molar-refractivity contribution is -0.137. The van der Waals surface area contributed by atoms with Gasteiger partial charge in [0.05, 0.1) is 17.2 Å². The minimum absolute atomic E-state index is 0.369. The zero-order chi connectivity index (χ0) is 15.5. The van der Waals surface area contributed by atoms with Gasteiger partial charge < -0.3 is 0 Å². The molecule has 0 fully saturated rings. The average molecular weight is 328 g/mol. The summed E-state index contributed by atoms with van der Waals surface area (Å²) in [5.74, 6) is 0.524. The van der Waals surface area contributed by atoms with E-state index in [0.29, 0.717) is 15.7 Å². The van der Waals surface area contributed by atoms with Crippen LogP contribution in [0.5, 0.6) is 0 Å². The molecule has 0 radical (unpaired) electrons. The molecule has 0 saturated heterocycles. The molecule has 0 bridgehead atoms. The van der Waals surface area contributed by atoms with E-state index in [1.807, 2.05) is 18.2 Å². The minimum atomic E-state index is -4.52. The molecular formula is C15H9ClF3NS. The summed E-state index contributed by atoms with van der Waals surface area (Å²) in [7, 11) is 0. The molecule has 108 valence electrons. The van der Waals surface area contributed by atoms with E-state index in [4.69, 9.17) is 16.9 Å². The van der Waals surface area contributed by atoms with Crippen LogP contribution < -0.4 is 0 Å². The van der Waals surface area contributed by atoms with E-state index in [1.165, 1.54) is 23.9 Å². The summed E-state index contributed by atoms with van der Waals surface area (Å²) in [6.45, 7) is 0. The van der Waals surface area contributed by atoms with Crippen molar-refractivity contribution in [3.05, 3.63) is 64.2 Å². The van der Waals surface area contributed by atoms with Gasteiger partial charge in [0.2, 0.25) is 0 Å². The van der Waals surface area contributed by atoms with Gasteiger partial charge in [0.15, 0.2) is 0 Å². The van der Waals surface area contributed by atoms with Gasteiger partial charge in [-0.05, 0) is 29.8 Å². The van der Waals surface area contributed by atoms with Crippen LogP contribution in [0.2, 0.25) is 5.02 Å². The minimum Gasteiger partial charge on any atom is -0.192 e. The fourth-order valence-electron chi connectivity index (χ4n) is 1.73. The van der Waals surface area contributed by atoms with Crippen LogP contribution in [-0.4, -0.2) is 0 Å². The van der Waals surface area contributed by atoms with E-state index in [1.54, 1.807) is 12.1 Å². The van der Waals surface area contributed by atoms with Crippen molar-refractivity contribution in [2.24, 2.45) is 0 Å². The number of halogens is 4. The summed E-state index contributed by atoms with van der Waals surface area (Å²) in [5, 5.41) is 9.46. The lowest BCUT2D eigenvalue weighted by atomic mass is 10.1. The lowest BCUT2D eigenvalue weighted by Gasteiger charge is -2.10. The molecule has 0 aliphatic carbocycles. The molecule has 0 saturated carbocycles. The summed E-state index contributed by atoms with van der Waals surface area (Å²) in [5.41, 5.74) is -0.388. The Morgan fingerprint density at radius 1 is 1.14 bits per heavy atom. The van der Waals surface area contributed by atoms with Crippen molar-refractivity contribution >= 4 is 23.4 Å². The Hall–Kier alpha value is -1.64. The van der Waals surface area contributed by atoms with Gasteiger partial charge in [0.25, 0.3) is 0 Å². The number of alkyl halides is 3. The highest BCUT2D eigenvalue weighted by atomic mass is 35.5. The topological polar surface area (TPSA) is 23.8 Å². The highest BCUT2D eigenvalue weighted by Crippen LogP contribution is 2.34. The Balaban J connectivity index is 2.19. The normalized spacial score (nSPS) is 11.2. The highest BCUT2D eigenvalue weighted by molar-refractivity contribution is 7.98. The van der Waals surface area contributed by atoms with Crippen LogP contribution in [0.1, 0.15) is 16.7 Å². The maximum absolute atomic E-state index is 12.7. The van der Waals surface area contributed by atoms with Crippen LogP contribution in [0, 0.1) is 11.3 Å². The van der Waals surface area contributed by atoms with Gasteiger partial charge in [0.1, 0.15) is 0 Å². The highest BCUT2D eigenvalue weighted by Gasteiger charge is 2.33. The first-order valence-corrected chi connectivity index (χ1v) is 7.25. The predicted octanol–water partition coefficient (Wildman–Crippen LogP) is 5.52. The first-order chi connectivity index (χ1) is 9.91. The van der Waals surface area contributed by atoms with Crippen molar-refractivity contribution < 1.29 is 13.2 Å². The Labute approximate surface area is 129 Å². The fourth-order valence-corrected chi connectivity index (χ4v) is 2.95. The Morgan fingerprint density at radius 3 is 2.48 bits per heavy atom. The molecule has 21 heavy (non-hydrogen) atoms. The van der Waals surface area contributed by atoms with Crippen molar-refractivity contribution in [1.29, 1.82) is 5.26 Å². The fraction of sp³-hybridized carbons (Fsp3) is 0.133. The number of nitrogens with zero attached hydrogens (tertiary/aromatic N) is 1. The Morgan fingerprint density at radius 2 is 1.86 bits per heavy atom. The summed E-state index contributed by atoms with van der Waals surface area (Å²) >= 11 is 7.35. The Bertz CT molecular complexity index is 692. The van der Waals surface area contributed by atoms with Crippen molar-refractivity contribution in [3.63, 3.8) is 0 Å². The van der Waals surface area contributed by atoms with Crippen LogP contribution in [0.15, 0.2) is 47.4 Å². The Kier molecular flexibility index (Phi) is 4.81. The van der Waals surface area contributed by atoms with Gasteiger partial charge in [-0.1, -0.05) is 29.8 Å². The molecule has 2 aromatic rings. The van der Waals surface area contributed by atoms with Gasteiger partial charge >= 0.3 is 6.18 Å². The second kappa shape index (κ2) is 6.42. The second-order valence-electron chi connectivity index (χ2n) is 4.20. The number of nitriles is 1. The lowest BCUT2D eigenvalue weighted by Crippen LogP contribution is -2.07. The zero-order valence-corrected chi connectivity index (χ0v) is 12.2. The first-order valence-electron chi connectivity index (χ1n) is 5.89. The molecule has 0 amide bonds. The average Bonchev–Trinajstić information content (AvgIpc) is 2.45. The standard InChI is InChI=1S/C15H9ClF3NS/c16-14-4-2-1-3-10(14)9-21-12-5-6-13(15(17,18)19)11(7-12)8-20/h1-7H,9H2. The maximum atomic E-state index is 12.7. The summed E-state index contributed by atoms with van der Waals surface area (Å²) in [4.78, 5) is 0.597. The number of benzene rings is 2. The molecular weight excluding hydrogens is 319 g/mol. The maximum Gasteiger partial charge on any atom is 0.417 e. The van der Waals surface area contributed by atoms with E-state index < -0.39 is 11.7 Å². The van der Waals surface area contributed by atoms with Crippen LogP contribution in [0.3, 0.4) is 0 Å². The van der Waals surface area contributed by atoms with Crippen molar-refractivity contribution in [1.82, 2.24) is 0 Å². The van der Waals surface area contributed by atoms with E-state index in [9.17, 15) is 13.2 Å². The molecule has 0 atom stereocenters. The van der Waals surface area contributed by atoms with Gasteiger partial charge in [-0.2, -0.15) is 18.4 Å². The second-order valence-corrected chi connectivity index (χ2v) is 5.65. The van der Waals surface area contributed by atoms with Crippen LogP contribution in [0.4, 0.5) is 13.2 Å². The van der Waals surface area contributed by atoms with E-state index in [-0.39, 0.29) is 5.56 Å². The summed E-state index contributed by atoms with van der Waals surface area (Å²) in [6.07, 6.45) is -4.52. The molecule has 0 unspecified atom stereocenters. The van der Waals surface area contributed by atoms with Crippen molar-refractivity contribution in [3.8, 4) is 6.07 Å². The third-order valence-electron chi connectivity index (χ3n) is 2.77. The number of thioether (sulfide) groups is 1. The molecule has 6 heteroatoms. The molecule has 0 heterocycles. The van der Waals surface area contributed by atoms with E-state index in [2.05, 4.69) is 0 Å². The number of hydrogen-bond donors (Lipinski definition) is 0. The molecule has 2 aromatic carbocycles. The molecule has 0 aliphatic heterocycles. The van der Waals surface area contributed by atoms with Crippen molar-refractivity contribution in [2.75, 3.05) is 0 Å². The first kappa shape index (κ1) is 15.7. The molecule has 2 rings (SSSR count). The molecule has 0 spiro atoms. The largest absolute Gasteiger partial charge is 0.417 e. The van der Waals surface area contributed by atoms with E-state index in [0.717, 1.165) is 11.6 Å². The van der Waals surface area contributed by atoms with Crippen molar-refractivity contribution in [2.45, 2.75) is 16.8 Å². The van der Waals surface area contributed by atoms with Gasteiger partial charge in [-0.25, -0.2) is 0 Å². The smallest absolute Gasteiger partial charge is 0.192 e. The SMILES string of the molecule is N#Cc1cc(SCc2ccccc2Cl)ccc1C(F)(F)F. The number of hydrogen-bond acceptors (Lipinski definition) is 2. The van der Waals surface area contributed by atoms with Gasteiger partial charge in [-0.15, -0.1) is 11.8 Å². The third kappa shape index (κ3) is 3.93. The third-order valence-corrected chi connectivity index (χ3v) is 4.18. The molecule has 0 aromatic heterocycles. The molecule has 0 aliphatic rings. The monoisotopic (exact) mass is 327 g/mol. The zero-order valence-electron chi connectivity index (χ0n) is 10.6. The molecule has 0 N–H and O–H groups in total. The van der Waals surface area contributed by atoms with Crippen LogP contribution >= 0.6 is 23.4 Å². The quantitative estimate of drug-likeness (QED) is 0.693.